The predicted octanol–water partition coefficient (Wildman–Crippen LogP) is 2.56. The molecule has 2 rings (SSSR count). The summed E-state index contributed by atoms with van der Waals surface area (Å²) in [5.74, 6) is 1.50. The molecule has 0 bridgehead atoms. The van der Waals surface area contributed by atoms with E-state index < -0.39 is 0 Å². The Morgan fingerprint density at radius 2 is 2.00 bits per heavy atom. The van der Waals surface area contributed by atoms with E-state index in [-0.39, 0.29) is 5.41 Å². The second-order valence-electron chi connectivity index (χ2n) is 5.76. The average molecular weight is 263 g/mol. The molecule has 0 radical (unpaired) electrons. The highest BCUT2D eigenvalue weighted by atomic mass is 16.5. The van der Waals surface area contributed by atoms with Crippen LogP contribution in [0.2, 0.25) is 0 Å². The van der Waals surface area contributed by atoms with Gasteiger partial charge in [-0.15, -0.1) is 0 Å². The SMILES string of the molecule is COc1cc(C)c(C2(C(C)CCN)COC2)cc1C. The van der Waals surface area contributed by atoms with Crippen LogP contribution in [0.4, 0.5) is 0 Å². The van der Waals surface area contributed by atoms with Crippen molar-refractivity contribution in [2.75, 3.05) is 26.9 Å². The highest BCUT2D eigenvalue weighted by Gasteiger charge is 2.45. The molecular weight excluding hydrogens is 238 g/mol. The highest BCUT2D eigenvalue weighted by molar-refractivity contribution is 5.46. The third-order valence-corrected chi connectivity index (χ3v) is 4.54. The van der Waals surface area contributed by atoms with Gasteiger partial charge in [-0.1, -0.05) is 13.0 Å². The van der Waals surface area contributed by atoms with Gasteiger partial charge < -0.3 is 15.2 Å². The molecule has 0 spiro atoms. The molecule has 1 aromatic rings. The molecule has 0 saturated carbocycles. The third kappa shape index (κ3) is 2.37. The van der Waals surface area contributed by atoms with E-state index in [2.05, 4.69) is 32.9 Å². The third-order valence-electron chi connectivity index (χ3n) is 4.54. The van der Waals surface area contributed by atoms with Crippen LogP contribution in [0.1, 0.15) is 30.0 Å². The summed E-state index contributed by atoms with van der Waals surface area (Å²) < 4.78 is 10.9. The summed E-state index contributed by atoms with van der Waals surface area (Å²) in [5, 5.41) is 0. The summed E-state index contributed by atoms with van der Waals surface area (Å²) in [4.78, 5) is 0. The van der Waals surface area contributed by atoms with E-state index in [1.807, 2.05) is 0 Å². The lowest BCUT2D eigenvalue weighted by Gasteiger charge is -2.47. The zero-order chi connectivity index (χ0) is 14.0. The number of rotatable bonds is 5. The molecule has 0 aromatic heterocycles. The van der Waals surface area contributed by atoms with Gasteiger partial charge in [0.15, 0.2) is 0 Å². The normalized spacial score (nSPS) is 18.8. The predicted molar refractivity (Wildman–Crippen MR) is 77.8 cm³/mol. The van der Waals surface area contributed by atoms with E-state index in [4.69, 9.17) is 15.2 Å². The molecule has 1 aromatic carbocycles. The van der Waals surface area contributed by atoms with Gasteiger partial charge in [-0.05, 0) is 55.5 Å². The Kier molecular flexibility index (Phi) is 4.16. The van der Waals surface area contributed by atoms with Crippen molar-refractivity contribution in [2.24, 2.45) is 11.7 Å². The van der Waals surface area contributed by atoms with E-state index in [1.54, 1.807) is 7.11 Å². The fraction of sp³-hybridized carbons (Fsp3) is 0.625. The van der Waals surface area contributed by atoms with Crippen molar-refractivity contribution in [3.8, 4) is 5.75 Å². The Bertz CT molecular complexity index is 452. The summed E-state index contributed by atoms with van der Waals surface area (Å²) in [6.45, 7) is 8.89. The Hall–Kier alpha value is -1.06. The van der Waals surface area contributed by atoms with Crippen molar-refractivity contribution >= 4 is 0 Å². The summed E-state index contributed by atoms with van der Waals surface area (Å²) in [6, 6.07) is 4.41. The number of methoxy groups -OCH3 is 1. The topological polar surface area (TPSA) is 44.5 Å². The first-order chi connectivity index (χ1) is 9.05. The minimum absolute atomic E-state index is 0.139. The van der Waals surface area contributed by atoms with Gasteiger partial charge in [-0.2, -0.15) is 0 Å². The first-order valence-corrected chi connectivity index (χ1v) is 6.98. The molecule has 0 amide bonds. The van der Waals surface area contributed by atoms with Gasteiger partial charge in [0.2, 0.25) is 0 Å². The van der Waals surface area contributed by atoms with Crippen molar-refractivity contribution in [1.82, 2.24) is 0 Å². The molecule has 106 valence electrons. The molecule has 1 aliphatic rings. The fourth-order valence-corrected chi connectivity index (χ4v) is 3.10. The van der Waals surface area contributed by atoms with Crippen LogP contribution in [-0.2, 0) is 10.2 Å². The van der Waals surface area contributed by atoms with Crippen LogP contribution in [0.15, 0.2) is 12.1 Å². The van der Waals surface area contributed by atoms with Gasteiger partial charge in [-0.3, -0.25) is 0 Å². The van der Waals surface area contributed by atoms with Gasteiger partial charge in [0.05, 0.1) is 20.3 Å². The standard InChI is InChI=1S/C16H25NO2/c1-11-8-15(18-4)12(2)7-14(11)16(9-19-10-16)13(3)5-6-17/h7-8,13H,5-6,9-10,17H2,1-4H3. The maximum Gasteiger partial charge on any atom is 0.122 e. The van der Waals surface area contributed by atoms with Gasteiger partial charge in [0, 0.05) is 5.41 Å². The van der Waals surface area contributed by atoms with Gasteiger partial charge in [0.1, 0.15) is 5.75 Å². The molecule has 3 nitrogen and oxygen atoms in total. The molecule has 1 fully saturated rings. The number of ether oxygens (including phenoxy) is 2. The molecule has 1 saturated heterocycles. The second-order valence-corrected chi connectivity index (χ2v) is 5.76. The van der Waals surface area contributed by atoms with Crippen LogP contribution in [0.3, 0.4) is 0 Å². The van der Waals surface area contributed by atoms with Crippen LogP contribution in [-0.4, -0.2) is 26.9 Å². The Balaban J connectivity index is 2.41. The van der Waals surface area contributed by atoms with Crippen LogP contribution >= 0.6 is 0 Å². The Morgan fingerprint density at radius 3 is 2.47 bits per heavy atom. The summed E-state index contributed by atoms with van der Waals surface area (Å²) >= 11 is 0. The molecule has 0 aliphatic carbocycles. The molecule has 1 aliphatic heterocycles. The molecule has 3 heteroatoms. The zero-order valence-electron chi connectivity index (χ0n) is 12.5. The molecule has 19 heavy (non-hydrogen) atoms. The van der Waals surface area contributed by atoms with Crippen molar-refractivity contribution in [1.29, 1.82) is 0 Å². The van der Waals surface area contributed by atoms with Crippen LogP contribution in [0.25, 0.3) is 0 Å². The first-order valence-electron chi connectivity index (χ1n) is 6.98. The van der Waals surface area contributed by atoms with Gasteiger partial charge in [0.25, 0.3) is 0 Å². The average Bonchev–Trinajstić information content (AvgIpc) is 2.32. The highest BCUT2D eigenvalue weighted by Crippen LogP contribution is 2.43. The Morgan fingerprint density at radius 1 is 1.32 bits per heavy atom. The van der Waals surface area contributed by atoms with Crippen LogP contribution in [0, 0.1) is 19.8 Å². The lowest BCUT2D eigenvalue weighted by molar-refractivity contribution is -0.0886. The van der Waals surface area contributed by atoms with E-state index in [0.717, 1.165) is 31.9 Å². The molecule has 2 N–H and O–H groups in total. The fourth-order valence-electron chi connectivity index (χ4n) is 3.10. The van der Waals surface area contributed by atoms with E-state index in [1.165, 1.54) is 16.7 Å². The molecule has 1 atom stereocenters. The first kappa shape index (κ1) is 14.4. The van der Waals surface area contributed by atoms with Crippen molar-refractivity contribution in [2.45, 2.75) is 32.6 Å². The number of aryl methyl sites for hydroxylation is 2. The Labute approximate surface area is 116 Å². The summed E-state index contributed by atoms with van der Waals surface area (Å²) in [6.07, 6.45) is 1.04. The quantitative estimate of drug-likeness (QED) is 0.888. The smallest absolute Gasteiger partial charge is 0.122 e. The molecular formula is C16H25NO2. The molecule has 1 unspecified atom stereocenters. The number of hydrogen-bond acceptors (Lipinski definition) is 3. The van der Waals surface area contributed by atoms with Crippen LogP contribution < -0.4 is 10.5 Å². The number of benzene rings is 1. The largest absolute Gasteiger partial charge is 0.496 e. The van der Waals surface area contributed by atoms with E-state index >= 15 is 0 Å². The maximum absolute atomic E-state index is 5.74. The zero-order valence-corrected chi connectivity index (χ0v) is 12.5. The van der Waals surface area contributed by atoms with Crippen molar-refractivity contribution < 1.29 is 9.47 Å². The van der Waals surface area contributed by atoms with Crippen LogP contribution in [0.5, 0.6) is 5.75 Å². The van der Waals surface area contributed by atoms with E-state index in [9.17, 15) is 0 Å². The maximum atomic E-state index is 5.74. The summed E-state index contributed by atoms with van der Waals surface area (Å²) in [5.41, 5.74) is 9.75. The number of nitrogens with two attached hydrogens (primary N) is 1. The lowest BCUT2D eigenvalue weighted by atomic mass is 9.66. The second kappa shape index (κ2) is 5.51. The van der Waals surface area contributed by atoms with Crippen molar-refractivity contribution in [3.05, 3.63) is 28.8 Å². The van der Waals surface area contributed by atoms with Gasteiger partial charge in [-0.25, -0.2) is 0 Å². The minimum Gasteiger partial charge on any atom is -0.496 e. The number of hydrogen-bond donors (Lipinski definition) is 1. The van der Waals surface area contributed by atoms with Crippen molar-refractivity contribution in [3.63, 3.8) is 0 Å². The summed E-state index contributed by atoms with van der Waals surface area (Å²) in [7, 11) is 1.72. The van der Waals surface area contributed by atoms with Gasteiger partial charge >= 0.3 is 0 Å². The molecule has 1 heterocycles. The monoisotopic (exact) mass is 263 g/mol. The van der Waals surface area contributed by atoms with E-state index in [0.29, 0.717) is 5.92 Å². The lowest BCUT2D eigenvalue weighted by Crippen LogP contribution is -2.52. The minimum atomic E-state index is 0.139.